The Kier molecular flexibility index (Phi) is 8.64. The molecule has 3 aliphatic heterocycles. The molecule has 4 heterocycles. The molecule has 4 unspecified atom stereocenters. The molecule has 1 aromatic heterocycles. The van der Waals surface area contributed by atoms with Gasteiger partial charge in [0.1, 0.15) is 41.3 Å². The summed E-state index contributed by atoms with van der Waals surface area (Å²) in [6.07, 6.45) is 0.528. The van der Waals surface area contributed by atoms with E-state index in [0.29, 0.717) is 32.3 Å². The zero-order chi connectivity index (χ0) is 31.1. The van der Waals surface area contributed by atoms with Crippen molar-refractivity contribution in [3.8, 4) is 11.3 Å². The van der Waals surface area contributed by atoms with Crippen LogP contribution in [0.3, 0.4) is 0 Å². The summed E-state index contributed by atoms with van der Waals surface area (Å²) in [6, 6.07) is 19.5. The molecule has 1 amide bonds. The van der Waals surface area contributed by atoms with Crippen molar-refractivity contribution in [3.05, 3.63) is 100 Å². The second-order valence-electron chi connectivity index (χ2n) is 11.4. The van der Waals surface area contributed by atoms with E-state index >= 15 is 0 Å². The highest BCUT2D eigenvalue weighted by molar-refractivity contribution is 8.00. The molecule has 234 valence electrons. The third-order valence-electron chi connectivity index (χ3n) is 8.50. The zero-order valence-electron chi connectivity index (χ0n) is 24.7. The Bertz CT molecular complexity index is 1690. The lowest BCUT2D eigenvalue weighted by Crippen LogP contribution is -2.59. The molecule has 45 heavy (non-hydrogen) atoms. The Balaban J connectivity index is 1.24. The molecule has 0 spiro atoms. The first-order valence-corrected chi connectivity index (χ1v) is 16.1. The number of methoxy groups -OCH3 is 1. The number of rotatable bonds is 7. The molecule has 9 nitrogen and oxygen atoms in total. The van der Waals surface area contributed by atoms with Gasteiger partial charge in [0.15, 0.2) is 6.29 Å². The number of thioether (sulfide) groups is 1. The van der Waals surface area contributed by atoms with Gasteiger partial charge in [0, 0.05) is 41.2 Å². The summed E-state index contributed by atoms with van der Waals surface area (Å²) in [5, 5.41) is 9.41. The maximum absolute atomic E-state index is 14.5. The first kappa shape index (κ1) is 30.3. The molecule has 0 radical (unpaired) electrons. The Morgan fingerprint density at radius 1 is 1.09 bits per heavy atom. The number of benzene rings is 3. The van der Waals surface area contributed by atoms with Crippen molar-refractivity contribution in [2.75, 3.05) is 26.8 Å². The monoisotopic (exact) mass is 650 g/mol. The van der Waals surface area contributed by atoms with Crippen molar-refractivity contribution in [1.29, 1.82) is 0 Å². The van der Waals surface area contributed by atoms with Crippen LogP contribution in [0.2, 0.25) is 5.02 Å². The first-order chi connectivity index (χ1) is 21.9. The lowest BCUT2D eigenvalue weighted by Gasteiger charge is -2.48. The minimum Gasteiger partial charge on any atom is -0.375 e. The second kappa shape index (κ2) is 12.8. The van der Waals surface area contributed by atoms with Gasteiger partial charge in [-0.1, -0.05) is 71.0 Å². The number of amides is 1. The average Bonchev–Trinajstić information content (AvgIpc) is 3.51. The van der Waals surface area contributed by atoms with E-state index in [1.165, 1.54) is 17.8 Å². The van der Waals surface area contributed by atoms with Gasteiger partial charge >= 0.3 is 0 Å². The van der Waals surface area contributed by atoms with Crippen molar-refractivity contribution in [2.45, 2.75) is 54.3 Å². The first-order valence-electron chi connectivity index (χ1n) is 14.8. The molecule has 0 aliphatic carbocycles. The summed E-state index contributed by atoms with van der Waals surface area (Å²) < 4.78 is 41.7. The maximum Gasteiger partial charge on any atom is 0.254 e. The molecule has 0 N–H and O–H groups in total. The van der Waals surface area contributed by atoms with E-state index in [1.54, 1.807) is 49.2 Å². The van der Waals surface area contributed by atoms with Gasteiger partial charge in [-0.2, -0.15) is 0 Å². The van der Waals surface area contributed by atoms with Crippen LogP contribution in [-0.4, -0.2) is 76.4 Å². The summed E-state index contributed by atoms with van der Waals surface area (Å²) in [5.74, 6) is -0.358. The van der Waals surface area contributed by atoms with Crippen molar-refractivity contribution in [3.63, 3.8) is 0 Å². The highest BCUT2D eigenvalue weighted by Crippen LogP contribution is 2.45. The number of likely N-dealkylation sites (tertiary alicyclic amines) is 1. The van der Waals surface area contributed by atoms with Crippen LogP contribution in [0.4, 0.5) is 4.39 Å². The average molecular weight is 651 g/mol. The fraction of sp³-hybridized carbons (Fsp3) is 0.364. The summed E-state index contributed by atoms with van der Waals surface area (Å²) in [6.45, 7) is 3.44. The predicted octanol–water partition coefficient (Wildman–Crippen LogP) is 6.08. The van der Waals surface area contributed by atoms with Crippen molar-refractivity contribution in [1.82, 2.24) is 19.9 Å². The molecule has 0 bridgehead atoms. The fourth-order valence-corrected chi connectivity index (χ4v) is 7.45. The van der Waals surface area contributed by atoms with Gasteiger partial charge in [0.25, 0.3) is 5.91 Å². The van der Waals surface area contributed by atoms with Gasteiger partial charge < -0.3 is 23.8 Å². The van der Waals surface area contributed by atoms with Crippen LogP contribution in [0, 0.1) is 12.7 Å². The molecule has 3 aliphatic rings. The van der Waals surface area contributed by atoms with E-state index in [-0.39, 0.29) is 18.3 Å². The van der Waals surface area contributed by atoms with E-state index in [4.69, 9.17) is 30.5 Å². The smallest absolute Gasteiger partial charge is 0.254 e. The third-order valence-corrected chi connectivity index (χ3v) is 9.94. The Hall–Kier alpha value is -3.32. The Morgan fingerprint density at radius 3 is 2.64 bits per heavy atom. The summed E-state index contributed by atoms with van der Waals surface area (Å²) in [5.41, 5.74) is 2.52. The summed E-state index contributed by atoms with van der Waals surface area (Å²) in [7, 11) is 1.61. The van der Waals surface area contributed by atoms with Crippen LogP contribution in [0.5, 0.6) is 0 Å². The number of aryl methyl sites for hydroxylation is 1. The van der Waals surface area contributed by atoms with E-state index in [1.807, 2.05) is 41.3 Å². The maximum atomic E-state index is 14.5. The molecule has 0 saturated carbocycles. The van der Waals surface area contributed by atoms with Gasteiger partial charge in [-0.3, -0.25) is 4.79 Å². The van der Waals surface area contributed by atoms with Gasteiger partial charge in [-0.15, -0.1) is 5.10 Å². The number of ether oxygens (including phenoxy) is 4. The van der Waals surface area contributed by atoms with Gasteiger partial charge in [-0.05, 0) is 43.2 Å². The molecule has 12 heteroatoms. The minimum absolute atomic E-state index is 0.0408. The molecule has 3 fully saturated rings. The number of hydrogen-bond acceptors (Lipinski definition) is 8. The Morgan fingerprint density at radius 2 is 1.91 bits per heavy atom. The summed E-state index contributed by atoms with van der Waals surface area (Å²) in [4.78, 5) is 15.8. The fourth-order valence-electron chi connectivity index (χ4n) is 5.88. The van der Waals surface area contributed by atoms with Crippen LogP contribution >= 0.6 is 23.4 Å². The summed E-state index contributed by atoms with van der Waals surface area (Å²) >= 11 is 7.80. The Labute approximate surface area is 269 Å². The number of halogens is 2. The molecular weight excluding hydrogens is 619 g/mol. The number of nitrogens with zero attached hydrogens (tertiary/aromatic N) is 4. The molecule has 7 rings (SSSR count). The highest BCUT2D eigenvalue weighted by Gasteiger charge is 2.52. The van der Waals surface area contributed by atoms with Gasteiger partial charge in [-0.25, -0.2) is 9.07 Å². The molecule has 6 atom stereocenters. The minimum atomic E-state index is -0.622. The van der Waals surface area contributed by atoms with Crippen molar-refractivity contribution in [2.24, 2.45) is 0 Å². The van der Waals surface area contributed by atoms with E-state index < -0.39 is 36.1 Å². The standard InChI is InChI=1S/C33H32ClFN4O5S/c1-19-9-10-21(15-24(19)35)25-17-39(37-36-25)28-29-26(18-42-32(44-29)20-7-4-3-5-8-20)43-33(30(28)41-2)45-27-16-22(34)11-12-23(27)31(40)38-13-6-14-38/h3-5,7-12,15-17,26,28-30,32-33H,6,13-14,18H2,1-2H3/t26?,28?,29-,30?,32?,33+/m0/s1. The van der Waals surface area contributed by atoms with E-state index in [0.717, 1.165) is 25.1 Å². The zero-order valence-corrected chi connectivity index (χ0v) is 26.3. The van der Waals surface area contributed by atoms with Gasteiger partial charge in [0.2, 0.25) is 0 Å². The van der Waals surface area contributed by atoms with Crippen LogP contribution in [-0.2, 0) is 18.9 Å². The molecular formula is C33H32ClFN4O5S. The van der Waals surface area contributed by atoms with Crippen molar-refractivity contribution >= 4 is 29.3 Å². The number of carbonyl (C=O) groups excluding carboxylic acids is 1. The largest absolute Gasteiger partial charge is 0.375 e. The molecule has 3 saturated heterocycles. The highest BCUT2D eigenvalue weighted by atomic mass is 35.5. The number of carbonyl (C=O) groups is 1. The van der Waals surface area contributed by atoms with E-state index in [2.05, 4.69) is 10.3 Å². The SMILES string of the molecule is COC1C(n2cc(-c3ccc(C)c(F)c3)nn2)[C@H]2OC(c3ccccc3)OCC2O[C@@H]1Sc1cc(Cl)ccc1C(=O)N1CCC1. The topological polar surface area (TPSA) is 87.9 Å². The number of fused-ring (bicyclic) bond motifs is 1. The number of hydrogen-bond donors (Lipinski definition) is 0. The quantitative estimate of drug-likeness (QED) is 0.238. The van der Waals surface area contributed by atoms with Crippen molar-refractivity contribution < 1.29 is 28.1 Å². The molecule has 3 aromatic carbocycles. The van der Waals surface area contributed by atoms with Crippen LogP contribution in [0.1, 0.15) is 40.2 Å². The normalized spacial score (nSPS) is 26.3. The lowest BCUT2D eigenvalue weighted by molar-refractivity contribution is -0.308. The van der Waals surface area contributed by atoms with Crippen LogP contribution < -0.4 is 0 Å². The van der Waals surface area contributed by atoms with E-state index in [9.17, 15) is 9.18 Å². The predicted molar refractivity (Wildman–Crippen MR) is 166 cm³/mol. The van der Waals surface area contributed by atoms with Crippen LogP contribution in [0.25, 0.3) is 11.3 Å². The van der Waals surface area contributed by atoms with Gasteiger partial charge in [0.05, 0.1) is 18.4 Å². The number of aromatic nitrogens is 3. The third kappa shape index (κ3) is 6.00. The molecule has 4 aromatic rings. The lowest BCUT2D eigenvalue weighted by atomic mass is 9.95. The second-order valence-corrected chi connectivity index (χ2v) is 12.9. The van der Waals surface area contributed by atoms with Crippen LogP contribution in [0.15, 0.2) is 77.8 Å².